The zero-order valence-corrected chi connectivity index (χ0v) is 16.8. The van der Waals surface area contributed by atoms with Gasteiger partial charge < -0.3 is 15.0 Å². The standard InChI is InChI=1S/C22H31N3O3/c1-28-22(11-12-22)21(23-20(27)18-9-5-4-6-10-18)16-25(17-21)19(26)15-24-13-7-2-3-8-14-24/h4-6,9-10H,2-3,7-8,11-17H2,1H3,(H,23,27). The van der Waals surface area contributed by atoms with Crippen molar-refractivity contribution in [2.45, 2.75) is 49.7 Å². The van der Waals surface area contributed by atoms with E-state index in [9.17, 15) is 9.59 Å². The normalized spacial score (nSPS) is 23.4. The van der Waals surface area contributed by atoms with Gasteiger partial charge in [-0.1, -0.05) is 31.0 Å². The van der Waals surface area contributed by atoms with Crippen LogP contribution in [0.1, 0.15) is 48.9 Å². The molecule has 0 aromatic heterocycles. The van der Waals surface area contributed by atoms with E-state index >= 15 is 0 Å². The van der Waals surface area contributed by atoms with Crippen LogP contribution in [-0.2, 0) is 9.53 Å². The number of hydrogen-bond acceptors (Lipinski definition) is 4. The van der Waals surface area contributed by atoms with E-state index in [1.807, 2.05) is 35.2 Å². The Balaban J connectivity index is 1.40. The zero-order chi connectivity index (χ0) is 19.6. The van der Waals surface area contributed by atoms with E-state index < -0.39 is 5.54 Å². The molecule has 28 heavy (non-hydrogen) atoms. The van der Waals surface area contributed by atoms with Gasteiger partial charge in [0.25, 0.3) is 5.91 Å². The third-order valence-corrected chi connectivity index (χ3v) is 6.69. The molecule has 0 unspecified atom stereocenters. The number of ether oxygens (including phenoxy) is 1. The first-order chi connectivity index (χ1) is 13.6. The van der Waals surface area contributed by atoms with Crippen LogP contribution in [0.3, 0.4) is 0 Å². The van der Waals surface area contributed by atoms with Gasteiger partial charge >= 0.3 is 0 Å². The van der Waals surface area contributed by atoms with Crippen LogP contribution < -0.4 is 5.32 Å². The number of nitrogens with one attached hydrogen (secondary N) is 1. The van der Waals surface area contributed by atoms with Gasteiger partial charge in [0.05, 0.1) is 12.1 Å². The summed E-state index contributed by atoms with van der Waals surface area (Å²) < 4.78 is 5.82. The van der Waals surface area contributed by atoms with Gasteiger partial charge in [0.2, 0.25) is 5.91 Å². The molecule has 3 aliphatic rings. The molecule has 1 aromatic carbocycles. The molecular formula is C22H31N3O3. The Labute approximate surface area is 167 Å². The molecule has 1 aromatic rings. The summed E-state index contributed by atoms with van der Waals surface area (Å²) in [5.41, 5.74) is -0.178. The summed E-state index contributed by atoms with van der Waals surface area (Å²) in [4.78, 5) is 29.8. The number of hydrogen-bond donors (Lipinski definition) is 1. The fourth-order valence-corrected chi connectivity index (χ4v) is 4.72. The quantitative estimate of drug-likeness (QED) is 0.814. The minimum absolute atomic E-state index is 0.0939. The molecule has 2 aliphatic heterocycles. The van der Waals surface area contributed by atoms with Crippen molar-refractivity contribution < 1.29 is 14.3 Å². The molecule has 4 rings (SSSR count). The van der Waals surface area contributed by atoms with E-state index in [0.717, 1.165) is 25.9 Å². The number of carbonyl (C=O) groups excluding carboxylic acids is 2. The fourth-order valence-electron chi connectivity index (χ4n) is 4.72. The van der Waals surface area contributed by atoms with Crippen molar-refractivity contribution in [3.8, 4) is 0 Å². The van der Waals surface area contributed by atoms with Crippen LogP contribution in [0, 0.1) is 0 Å². The Hall–Kier alpha value is -1.92. The maximum absolute atomic E-state index is 12.8. The van der Waals surface area contributed by atoms with Gasteiger partial charge in [0.1, 0.15) is 5.54 Å². The molecular weight excluding hydrogens is 354 g/mol. The molecule has 6 nitrogen and oxygen atoms in total. The first-order valence-electron chi connectivity index (χ1n) is 10.5. The SMILES string of the molecule is COC1(C2(NC(=O)c3ccccc3)CN(C(=O)CN3CCCCCC3)C2)CC1. The molecule has 2 heterocycles. The van der Waals surface area contributed by atoms with Crippen LogP contribution >= 0.6 is 0 Å². The summed E-state index contributed by atoms with van der Waals surface area (Å²) in [5, 5.41) is 3.23. The number of amides is 2. The summed E-state index contributed by atoms with van der Waals surface area (Å²) in [6, 6.07) is 9.26. The molecule has 3 fully saturated rings. The maximum Gasteiger partial charge on any atom is 0.251 e. The van der Waals surface area contributed by atoms with Crippen LogP contribution in [0.5, 0.6) is 0 Å². The monoisotopic (exact) mass is 385 g/mol. The van der Waals surface area contributed by atoms with Gasteiger partial charge in [0.15, 0.2) is 0 Å². The van der Waals surface area contributed by atoms with Crippen LogP contribution in [0.4, 0.5) is 0 Å². The van der Waals surface area contributed by atoms with Gasteiger partial charge in [-0.2, -0.15) is 0 Å². The lowest BCUT2D eigenvalue weighted by atomic mass is 9.80. The predicted octanol–water partition coefficient (Wildman–Crippen LogP) is 2.05. The second-order valence-electron chi connectivity index (χ2n) is 8.54. The van der Waals surface area contributed by atoms with Crippen molar-refractivity contribution in [3.05, 3.63) is 35.9 Å². The van der Waals surface area contributed by atoms with Gasteiger partial charge in [-0.25, -0.2) is 0 Å². The number of rotatable bonds is 6. The summed E-state index contributed by atoms with van der Waals surface area (Å²) >= 11 is 0. The van der Waals surface area contributed by atoms with Crippen LogP contribution in [0.25, 0.3) is 0 Å². The van der Waals surface area contributed by atoms with Crippen LogP contribution in [-0.4, -0.2) is 72.6 Å². The van der Waals surface area contributed by atoms with E-state index in [1.165, 1.54) is 25.7 Å². The largest absolute Gasteiger partial charge is 0.376 e. The van der Waals surface area contributed by atoms with Gasteiger partial charge in [-0.3, -0.25) is 14.5 Å². The fraction of sp³-hybridized carbons (Fsp3) is 0.636. The number of likely N-dealkylation sites (tertiary alicyclic amines) is 2. The molecule has 0 spiro atoms. The van der Waals surface area contributed by atoms with Crippen molar-refractivity contribution in [1.29, 1.82) is 0 Å². The molecule has 0 radical (unpaired) electrons. The number of nitrogens with zero attached hydrogens (tertiary/aromatic N) is 2. The summed E-state index contributed by atoms with van der Waals surface area (Å²) in [7, 11) is 1.71. The molecule has 152 valence electrons. The van der Waals surface area contributed by atoms with E-state index in [4.69, 9.17) is 4.74 Å². The average molecular weight is 386 g/mol. The number of benzene rings is 1. The average Bonchev–Trinajstić information content (AvgIpc) is 3.50. The Morgan fingerprint density at radius 3 is 2.25 bits per heavy atom. The van der Waals surface area contributed by atoms with Crippen molar-refractivity contribution in [3.63, 3.8) is 0 Å². The van der Waals surface area contributed by atoms with Crippen LogP contribution in [0.2, 0.25) is 0 Å². The third kappa shape index (κ3) is 3.67. The Morgan fingerprint density at radius 2 is 1.68 bits per heavy atom. The van der Waals surface area contributed by atoms with Crippen molar-refractivity contribution in [1.82, 2.24) is 15.1 Å². The van der Waals surface area contributed by atoms with Crippen molar-refractivity contribution in [2.75, 3.05) is 39.8 Å². The predicted molar refractivity (Wildman–Crippen MR) is 107 cm³/mol. The van der Waals surface area contributed by atoms with Gasteiger partial charge in [0, 0.05) is 25.8 Å². The van der Waals surface area contributed by atoms with Crippen molar-refractivity contribution in [2.24, 2.45) is 0 Å². The van der Waals surface area contributed by atoms with Gasteiger partial charge in [-0.05, 0) is 50.9 Å². The molecule has 2 amide bonds. The van der Waals surface area contributed by atoms with Crippen molar-refractivity contribution >= 4 is 11.8 Å². The second-order valence-corrected chi connectivity index (χ2v) is 8.54. The minimum atomic E-state index is -0.483. The minimum Gasteiger partial charge on any atom is -0.376 e. The molecule has 1 saturated carbocycles. The summed E-state index contributed by atoms with van der Waals surface area (Å²) in [6.07, 6.45) is 6.73. The lowest BCUT2D eigenvalue weighted by Crippen LogP contribution is -2.78. The molecule has 1 N–H and O–H groups in total. The lowest BCUT2D eigenvalue weighted by Gasteiger charge is -2.54. The van der Waals surface area contributed by atoms with E-state index in [0.29, 0.717) is 25.2 Å². The Bertz CT molecular complexity index is 703. The van der Waals surface area contributed by atoms with E-state index in [2.05, 4.69) is 10.2 Å². The van der Waals surface area contributed by atoms with Crippen LogP contribution in [0.15, 0.2) is 30.3 Å². The Kier molecular flexibility index (Phi) is 5.43. The third-order valence-electron chi connectivity index (χ3n) is 6.69. The maximum atomic E-state index is 12.8. The first kappa shape index (κ1) is 19.4. The lowest BCUT2D eigenvalue weighted by molar-refractivity contribution is -0.149. The topological polar surface area (TPSA) is 61.9 Å². The number of carbonyl (C=O) groups is 2. The summed E-state index contributed by atoms with van der Waals surface area (Å²) in [5.74, 6) is 0.0712. The smallest absolute Gasteiger partial charge is 0.251 e. The van der Waals surface area contributed by atoms with E-state index in [1.54, 1.807) is 7.11 Å². The van der Waals surface area contributed by atoms with Gasteiger partial charge in [-0.15, -0.1) is 0 Å². The number of methoxy groups -OCH3 is 1. The molecule has 0 atom stereocenters. The highest BCUT2D eigenvalue weighted by Gasteiger charge is 2.66. The first-order valence-corrected chi connectivity index (χ1v) is 10.5. The highest BCUT2D eigenvalue weighted by molar-refractivity contribution is 5.95. The molecule has 2 saturated heterocycles. The molecule has 1 aliphatic carbocycles. The highest BCUT2D eigenvalue weighted by Crippen LogP contribution is 2.51. The van der Waals surface area contributed by atoms with E-state index in [-0.39, 0.29) is 17.4 Å². The molecule has 0 bridgehead atoms. The second kappa shape index (κ2) is 7.84. The molecule has 6 heteroatoms. The highest BCUT2D eigenvalue weighted by atomic mass is 16.5. The zero-order valence-electron chi connectivity index (χ0n) is 16.8. The summed E-state index contributed by atoms with van der Waals surface area (Å²) in [6.45, 7) is 3.58. The Morgan fingerprint density at radius 1 is 1.04 bits per heavy atom.